The molecule has 1 aliphatic rings. The Morgan fingerprint density at radius 3 is 2.50 bits per heavy atom. The fraction of sp³-hybridized carbons (Fsp3) is 0.200. The van der Waals surface area contributed by atoms with Crippen LogP contribution in [0, 0.1) is 11.7 Å². The zero-order valence-electron chi connectivity index (χ0n) is 14.3. The second-order valence-electron chi connectivity index (χ2n) is 6.06. The number of nitrogens with one attached hydrogen (secondary N) is 2. The lowest BCUT2D eigenvalue weighted by Crippen LogP contribution is -2.14. The molecule has 0 unspecified atom stereocenters. The van der Waals surface area contributed by atoms with E-state index in [9.17, 15) is 14.0 Å². The van der Waals surface area contributed by atoms with Crippen molar-refractivity contribution >= 4 is 29.3 Å². The first-order valence-electron chi connectivity index (χ1n) is 8.28. The van der Waals surface area contributed by atoms with Gasteiger partial charge in [0.15, 0.2) is 11.6 Å². The number of ether oxygens (including phenoxy) is 1. The van der Waals surface area contributed by atoms with Gasteiger partial charge in [0.2, 0.25) is 11.8 Å². The number of hydrogen-bond acceptors (Lipinski definition) is 3. The Bertz CT molecular complexity index is 860. The molecule has 0 heterocycles. The number of benzene rings is 2. The maximum absolute atomic E-state index is 13.6. The van der Waals surface area contributed by atoms with E-state index in [4.69, 9.17) is 4.74 Å². The lowest BCUT2D eigenvalue weighted by Gasteiger charge is -2.07. The fourth-order valence-electron chi connectivity index (χ4n) is 2.41. The van der Waals surface area contributed by atoms with Gasteiger partial charge in [0, 0.05) is 23.4 Å². The number of anilines is 2. The van der Waals surface area contributed by atoms with E-state index in [0.29, 0.717) is 16.9 Å². The number of carbonyl (C=O) groups is 2. The van der Waals surface area contributed by atoms with Crippen LogP contribution < -0.4 is 15.4 Å². The van der Waals surface area contributed by atoms with Gasteiger partial charge in [-0.05, 0) is 54.8 Å². The molecule has 1 saturated carbocycles. The SMILES string of the molecule is COc1ccc(/C=C/C(=O)Nc2cccc(NC(=O)C3CC3)c2)cc1F. The minimum atomic E-state index is -0.492. The van der Waals surface area contributed by atoms with Gasteiger partial charge < -0.3 is 15.4 Å². The molecule has 2 aromatic rings. The molecule has 134 valence electrons. The zero-order valence-corrected chi connectivity index (χ0v) is 14.3. The van der Waals surface area contributed by atoms with Crippen LogP contribution in [0.5, 0.6) is 5.75 Å². The third kappa shape index (κ3) is 4.69. The maximum Gasteiger partial charge on any atom is 0.248 e. The summed E-state index contributed by atoms with van der Waals surface area (Å²) < 4.78 is 18.5. The largest absolute Gasteiger partial charge is 0.494 e. The van der Waals surface area contributed by atoms with Gasteiger partial charge in [-0.1, -0.05) is 12.1 Å². The smallest absolute Gasteiger partial charge is 0.248 e. The monoisotopic (exact) mass is 354 g/mol. The van der Waals surface area contributed by atoms with E-state index in [2.05, 4.69) is 10.6 Å². The number of halogens is 1. The standard InChI is InChI=1S/C20H19FN2O3/c1-26-18-9-5-13(11-17(18)21)6-10-19(24)22-15-3-2-4-16(12-15)23-20(25)14-7-8-14/h2-6,9-12,14H,7-8H2,1H3,(H,22,24)(H,23,25)/b10-6+. The Labute approximate surface area is 150 Å². The lowest BCUT2D eigenvalue weighted by atomic mass is 10.2. The average Bonchev–Trinajstić information content (AvgIpc) is 3.45. The van der Waals surface area contributed by atoms with Crippen LogP contribution in [-0.4, -0.2) is 18.9 Å². The molecular weight excluding hydrogens is 335 g/mol. The predicted molar refractivity (Wildman–Crippen MR) is 98.4 cm³/mol. The Morgan fingerprint density at radius 2 is 1.85 bits per heavy atom. The summed E-state index contributed by atoms with van der Waals surface area (Å²) in [4.78, 5) is 23.8. The summed E-state index contributed by atoms with van der Waals surface area (Å²) in [7, 11) is 1.39. The van der Waals surface area contributed by atoms with Gasteiger partial charge in [-0.15, -0.1) is 0 Å². The van der Waals surface area contributed by atoms with Crippen molar-refractivity contribution in [2.45, 2.75) is 12.8 Å². The van der Waals surface area contributed by atoms with Gasteiger partial charge in [0.05, 0.1) is 7.11 Å². The van der Waals surface area contributed by atoms with Crippen LogP contribution in [0.25, 0.3) is 6.08 Å². The average molecular weight is 354 g/mol. The third-order valence-electron chi connectivity index (χ3n) is 3.95. The summed E-state index contributed by atoms with van der Waals surface area (Å²) in [6.45, 7) is 0. The number of methoxy groups -OCH3 is 1. The van der Waals surface area contributed by atoms with Crippen molar-refractivity contribution < 1.29 is 18.7 Å². The first kappa shape index (κ1) is 17.7. The van der Waals surface area contributed by atoms with Gasteiger partial charge in [-0.2, -0.15) is 0 Å². The van der Waals surface area contributed by atoms with E-state index in [1.54, 1.807) is 30.3 Å². The zero-order chi connectivity index (χ0) is 18.5. The third-order valence-corrected chi connectivity index (χ3v) is 3.95. The molecule has 1 aliphatic carbocycles. The summed E-state index contributed by atoms with van der Waals surface area (Å²) in [5.41, 5.74) is 1.75. The minimum absolute atomic E-state index is 0.00917. The van der Waals surface area contributed by atoms with Crippen molar-refractivity contribution in [2.24, 2.45) is 5.92 Å². The first-order chi connectivity index (χ1) is 12.5. The molecule has 0 spiro atoms. The Kier molecular flexibility index (Phi) is 5.31. The topological polar surface area (TPSA) is 67.4 Å². The second kappa shape index (κ2) is 7.82. The molecule has 0 aromatic heterocycles. The van der Waals surface area contributed by atoms with E-state index >= 15 is 0 Å². The van der Waals surface area contributed by atoms with Crippen molar-refractivity contribution in [3.63, 3.8) is 0 Å². The van der Waals surface area contributed by atoms with E-state index in [-0.39, 0.29) is 23.5 Å². The Morgan fingerprint density at radius 1 is 1.12 bits per heavy atom. The van der Waals surface area contributed by atoms with Crippen LogP contribution >= 0.6 is 0 Å². The summed E-state index contributed by atoms with van der Waals surface area (Å²) in [5, 5.41) is 5.54. The summed E-state index contributed by atoms with van der Waals surface area (Å²) in [5.74, 6) is -0.575. The van der Waals surface area contributed by atoms with Crippen molar-refractivity contribution in [1.82, 2.24) is 0 Å². The molecule has 0 radical (unpaired) electrons. The molecule has 5 nitrogen and oxygen atoms in total. The van der Waals surface area contributed by atoms with Gasteiger partial charge in [0.1, 0.15) is 0 Å². The van der Waals surface area contributed by atoms with Crippen molar-refractivity contribution in [1.29, 1.82) is 0 Å². The molecule has 2 N–H and O–H groups in total. The van der Waals surface area contributed by atoms with Crippen molar-refractivity contribution in [3.05, 3.63) is 59.9 Å². The molecule has 1 fully saturated rings. The molecule has 3 rings (SSSR count). The number of carbonyl (C=O) groups excluding carboxylic acids is 2. The second-order valence-corrected chi connectivity index (χ2v) is 6.06. The summed E-state index contributed by atoms with van der Waals surface area (Å²) in [6.07, 6.45) is 4.69. The maximum atomic E-state index is 13.6. The molecule has 2 aromatic carbocycles. The van der Waals surface area contributed by atoms with E-state index < -0.39 is 5.82 Å². The molecule has 0 aliphatic heterocycles. The van der Waals surface area contributed by atoms with Gasteiger partial charge in [-0.3, -0.25) is 9.59 Å². The number of amides is 2. The van der Waals surface area contributed by atoms with E-state index in [0.717, 1.165) is 12.8 Å². The van der Waals surface area contributed by atoms with Crippen LogP contribution in [-0.2, 0) is 9.59 Å². The lowest BCUT2D eigenvalue weighted by molar-refractivity contribution is -0.117. The van der Waals surface area contributed by atoms with E-state index in [1.165, 1.54) is 31.4 Å². The summed E-state index contributed by atoms with van der Waals surface area (Å²) >= 11 is 0. The molecular formula is C20H19FN2O3. The molecule has 0 atom stereocenters. The van der Waals surface area contributed by atoms with E-state index in [1.807, 2.05) is 0 Å². The quantitative estimate of drug-likeness (QED) is 0.775. The van der Waals surface area contributed by atoms with Crippen molar-refractivity contribution in [3.8, 4) is 5.75 Å². The van der Waals surface area contributed by atoms with Crippen LogP contribution in [0.15, 0.2) is 48.5 Å². The molecule has 0 bridgehead atoms. The van der Waals surface area contributed by atoms with Gasteiger partial charge >= 0.3 is 0 Å². The molecule has 0 saturated heterocycles. The molecule has 26 heavy (non-hydrogen) atoms. The Hall–Kier alpha value is -3.15. The Balaban J connectivity index is 1.60. The fourth-order valence-corrected chi connectivity index (χ4v) is 2.41. The van der Waals surface area contributed by atoms with Crippen LogP contribution in [0.1, 0.15) is 18.4 Å². The predicted octanol–water partition coefficient (Wildman–Crippen LogP) is 3.83. The molecule has 6 heteroatoms. The normalized spacial score (nSPS) is 13.5. The van der Waals surface area contributed by atoms with Gasteiger partial charge in [-0.25, -0.2) is 4.39 Å². The summed E-state index contributed by atoms with van der Waals surface area (Å²) in [6, 6.07) is 11.4. The highest BCUT2D eigenvalue weighted by Crippen LogP contribution is 2.30. The number of hydrogen-bond donors (Lipinski definition) is 2. The number of rotatable bonds is 6. The first-order valence-corrected chi connectivity index (χ1v) is 8.28. The van der Waals surface area contributed by atoms with Gasteiger partial charge in [0.25, 0.3) is 0 Å². The highest BCUT2D eigenvalue weighted by atomic mass is 19.1. The van der Waals surface area contributed by atoms with Crippen LogP contribution in [0.4, 0.5) is 15.8 Å². The highest BCUT2D eigenvalue weighted by Gasteiger charge is 2.29. The highest BCUT2D eigenvalue weighted by molar-refractivity contribution is 6.02. The van der Waals surface area contributed by atoms with Crippen molar-refractivity contribution in [2.75, 3.05) is 17.7 Å². The minimum Gasteiger partial charge on any atom is -0.494 e. The van der Waals surface area contributed by atoms with Crippen LogP contribution in [0.3, 0.4) is 0 Å². The van der Waals surface area contributed by atoms with Crippen LogP contribution in [0.2, 0.25) is 0 Å². The molecule has 2 amide bonds.